The number of rotatable bonds is 7. The van der Waals surface area contributed by atoms with Crippen molar-refractivity contribution in [2.45, 2.75) is 19.0 Å². The maximum absolute atomic E-state index is 13.4. The maximum atomic E-state index is 13.4. The van der Waals surface area contributed by atoms with Gasteiger partial charge in [0.25, 0.3) is 0 Å². The number of hydrogen-bond acceptors (Lipinski definition) is 5. The van der Waals surface area contributed by atoms with Gasteiger partial charge in [-0.3, -0.25) is 9.69 Å². The van der Waals surface area contributed by atoms with Crippen molar-refractivity contribution in [2.75, 3.05) is 44.2 Å². The summed E-state index contributed by atoms with van der Waals surface area (Å²) in [6.07, 6.45) is -2.77. The van der Waals surface area contributed by atoms with E-state index in [4.69, 9.17) is 16.3 Å². The topological polar surface area (TPSA) is 61.5 Å². The highest BCUT2D eigenvalue weighted by Crippen LogP contribution is 2.41. The molecule has 0 saturated carbocycles. The molecule has 3 heterocycles. The van der Waals surface area contributed by atoms with Crippen LogP contribution in [-0.2, 0) is 6.18 Å². The molecule has 1 N–H and O–H groups in total. The Labute approximate surface area is 217 Å². The molecule has 0 amide bonds. The molecule has 1 aromatic carbocycles. The van der Waals surface area contributed by atoms with Crippen LogP contribution in [0.15, 0.2) is 47.3 Å². The number of pyridine rings is 2. The van der Waals surface area contributed by atoms with Crippen molar-refractivity contribution in [1.29, 1.82) is 0 Å². The number of nitrogens with zero attached hydrogens (tertiary/aromatic N) is 3. The zero-order valence-corrected chi connectivity index (χ0v) is 21.4. The molecule has 0 aliphatic carbocycles. The lowest BCUT2D eigenvalue weighted by molar-refractivity contribution is -0.137. The number of fused-ring (bicyclic) bond motifs is 1. The number of alkyl halides is 3. The van der Waals surface area contributed by atoms with Gasteiger partial charge in [-0.2, -0.15) is 18.2 Å². The third kappa shape index (κ3) is 6.54. The van der Waals surface area contributed by atoms with E-state index in [9.17, 15) is 18.0 Å². The summed E-state index contributed by atoms with van der Waals surface area (Å²) in [6.45, 7) is 3.73. The van der Waals surface area contributed by atoms with Gasteiger partial charge in [0, 0.05) is 43.7 Å². The Kier molecular flexibility index (Phi) is 9.05. The Hall–Kier alpha value is -2.05. The number of nitrogens with one attached hydrogen (secondary N) is 1. The third-order valence-corrected chi connectivity index (χ3v) is 5.98. The fraction of sp³-hybridized carbons (Fsp3) is 0.391. The van der Waals surface area contributed by atoms with Crippen LogP contribution in [0.3, 0.4) is 0 Å². The molecular formula is C23H25ClF3IN4O2. The number of aromatic amines is 1. The number of H-pyrrole nitrogens is 1. The Bertz CT molecular complexity index is 1170. The van der Waals surface area contributed by atoms with E-state index in [1.165, 1.54) is 18.2 Å². The quantitative estimate of drug-likeness (QED) is 0.296. The van der Waals surface area contributed by atoms with Gasteiger partial charge in [-0.05, 0) is 43.7 Å². The van der Waals surface area contributed by atoms with Crippen LogP contribution < -0.4 is 15.2 Å². The smallest absolute Gasteiger partial charge is 0.419 e. The first kappa shape index (κ1) is 26.6. The van der Waals surface area contributed by atoms with Crippen molar-refractivity contribution in [3.63, 3.8) is 0 Å². The van der Waals surface area contributed by atoms with Gasteiger partial charge >= 0.3 is 6.18 Å². The number of hydrogen-bond donors (Lipinski definition) is 1. The fourth-order valence-electron chi connectivity index (χ4n) is 3.97. The molecule has 0 spiro atoms. The SMILES string of the molecule is I.O=c1ccc2ccc(OCCCCN3CCN(c4cccc(Cl)c4C(F)(F)F)CC3)nc2[nH]1. The summed E-state index contributed by atoms with van der Waals surface area (Å²) in [5, 5.41) is 0.566. The van der Waals surface area contributed by atoms with E-state index in [2.05, 4.69) is 14.9 Å². The highest BCUT2D eigenvalue weighted by atomic mass is 127. The first-order valence-corrected chi connectivity index (χ1v) is 11.1. The minimum absolute atomic E-state index is 0. The fourth-order valence-corrected chi connectivity index (χ4v) is 4.25. The van der Waals surface area contributed by atoms with Gasteiger partial charge in [-0.15, -0.1) is 24.0 Å². The second kappa shape index (κ2) is 11.6. The average Bonchev–Trinajstić information content (AvgIpc) is 2.78. The van der Waals surface area contributed by atoms with Crippen molar-refractivity contribution >= 4 is 52.3 Å². The molecule has 1 fully saturated rings. The van der Waals surface area contributed by atoms with E-state index in [1.54, 1.807) is 23.1 Å². The van der Waals surface area contributed by atoms with E-state index >= 15 is 0 Å². The van der Waals surface area contributed by atoms with Crippen LogP contribution in [0.1, 0.15) is 18.4 Å². The molecule has 2 aromatic heterocycles. The molecule has 1 aliphatic heterocycles. The first-order chi connectivity index (χ1) is 15.8. The molecule has 0 atom stereocenters. The van der Waals surface area contributed by atoms with Crippen molar-refractivity contribution < 1.29 is 17.9 Å². The molecule has 184 valence electrons. The number of piperazine rings is 1. The largest absolute Gasteiger partial charge is 0.478 e. The minimum Gasteiger partial charge on any atom is -0.478 e. The summed E-state index contributed by atoms with van der Waals surface area (Å²) in [4.78, 5) is 22.4. The molecule has 0 unspecified atom stereocenters. The molecule has 3 aromatic rings. The van der Waals surface area contributed by atoms with Crippen LogP contribution in [-0.4, -0.2) is 54.2 Å². The van der Waals surface area contributed by atoms with Crippen LogP contribution in [0.2, 0.25) is 5.02 Å². The van der Waals surface area contributed by atoms with E-state index in [1.807, 2.05) is 6.07 Å². The van der Waals surface area contributed by atoms with E-state index < -0.39 is 11.7 Å². The zero-order chi connectivity index (χ0) is 23.4. The van der Waals surface area contributed by atoms with Gasteiger partial charge in [0.05, 0.1) is 22.9 Å². The average molecular weight is 609 g/mol. The lowest BCUT2D eigenvalue weighted by atomic mass is 10.1. The Balaban J connectivity index is 0.00000324. The summed E-state index contributed by atoms with van der Waals surface area (Å²) in [5.74, 6) is 0.458. The van der Waals surface area contributed by atoms with Crippen molar-refractivity contribution in [1.82, 2.24) is 14.9 Å². The lowest BCUT2D eigenvalue weighted by Gasteiger charge is -2.37. The predicted octanol–water partition coefficient (Wildman–Crippen LogP) is 5.19. The number of aromatic nitrogens is 2. The second-order valence-corrected chi connectivity index (χ2v) is 8.33. The van der Waals surface area contributed by atoms with Crippen molar-refractivity contribution in [3.8, 4) is 5.88 Å². The predicted molar refractivity (Wildman–Crippen MR) is 138 cm³/mol. The van der Waals surface area contributed by atoms with Crippen molar-refractivity contribution in [2.24, 2.45) is 0 Å². The third-order valence-electron chi connectivity index (χ3n) is 5.66. The molecule has 1 aliphatic rings. The Morgan fingerprint density at radius 1 is 1.03 bits per heavy atom. The molecule has 4 rings (SSSR count). The first-order valence-electron chi connectivity index (χ1n) is 10.8. The molecule has 0 bridgehead atoms. The normalized spacial score (nSPS) is 14.8. The number of ether oxygens (including phenoxy) is 1. The van der Waals surface area contributed by atoms with E-state index in [0.29, 0.717) is 44.3 Å². The molecule has 1 saturated heterocycles. The summed E-state index contributed by atoms with van der Waals surface area (Å²) in [6, 6.07) is 11.1. The van der Waals surface area contributed by atoms with Gasteiger partial charge < -0.3 is 14.6 Å². The Morgan fingerprint density at radius 3 is 2.50 bits per heavy atom. The van der Waals surface area contributed by atoms with Gasteiger partial charge in [-0.1, -0.05) is 17.7 Å². The number of halogens is 5. The molecule has 11 heteroatoms. The Morgan fingerprint density at radius 2 is 1.76 bits per heavy atom. The van der Waals surface area contributed by atoms with Crippen LogP contribution in [0.5, 0.6) is 5.88 Å². The summed E-state index contributed by atoms with van der Waals surface area (Å²) in [5.41, 5.74) is -0.334. The van der Waals surface area contributed by atoms with E-state index in [0.717, 1.165) is 24.8 Å². The van der Waals surface area contributed by atoms with E-state index in [-0.39, 0.29) is 40.2 Å². The second-order valence-electron chi connectivity index (χ2n) is 7.93. The maximum Gasteiger partial charge on any atom is 0.419 e. The summed E-state index contributed by atoms with van der Waals surface area (Å²) >= 11 is 5.85. The molecule has 0 radical (unpaired) electrons. The number of benzene rings is 1. The minimum atomic E-state index is -4.49. The highest BCUT2D eigenvalue weighted by molar-refractivity contribution is 14.0. The molecule has 34 heavy (non-hydrogen) atoms. The van der Waals surface area contributed by atoms with Gasteiger partial charge in [0.2, 0.25) is 11.4 Å². The zero-order valence-electron chi connectivity index (χ0n) is 18.3. The standard InChI is InChI=1S/C23H24ClF3N4O2.HI/c24-17-4-3-5-18(21(17)23(25,26)27)31-13-11-30(12-14-31)10-1-2-15-33-20-9-7-16-6-8-19(32)28-22(16)29-20;/h3-9H,1-2,10-15H2,(H,28,29,32);1H. The van der Waals surface area contributed by atoms with Gasteiger partial charge in [-0.25, -0.2) is 0 Å². The van der Waals surface area contributed by atoms with Crippen LogP contribution in [0, 0.1) is 0 Å². The lowest BCUT2D eigenvalue weighted by Crippen LogP contribution is -2.47. The van der Waals surface area contributed by atoms with Crippen LogP contribution in [0.4, 0.5) is 18.9 Å². The monoisotopic (exact) mass is 608 g/mol. The highest BCUT2D eigenvalue weighted by Gasteiger charge is 2.37. The number of unbranched alkanes of at least 4 members (excludes halogenated alkanes) is 1. The number of anilines is 1. The van der Waals surface area contributed by atoms with Crippen LogP contribution >= 0.6 is 35.6 Å². The van der Waals surface area contributed by atoms with Crippen molar-refractivity contribution in [3.05, 3.63) is 63.4 Å². The summed E-state index contributed by atoms with van der Waals surface area (Å²) in [7, 11) is 0. The molecule has 6 nitrogen and oxygen atoms in total. The van der Waals surface area contributed by atoms with Gasteiger partial charge in [0.15, 0.2) is 0 Å². The van der Waals surface area contributed by atoms with Crippen LogP contribution in [0.25, 0.3) is 11.0 Å². The summed E-state index contributed by atoms with van der Waals surface area (Å²) < 4.78 is 46.0. The molecular weight excluding hydrogens is 584 g/mol. The van der Waals surface area contributed by atoms with Gasteiger partial charge in [0.1, 0.15) is 5.65 Å².